The van der Waals surface area contributed by atoms with Gasteiger partial charge >= 0.3 is 5.97 Å². The van der Waals surface area contributed by atoms with Gasteiger partial charge in [0.25, 0.3) is 5.91 Å². The number of rotatable bonds is 7. The number of hydrogen-bond donors (Lipinski definition) is 2. The highest BCUT2D eigenvalue weighted by Crippen LogP contribution is 2.18. The molecule has 0 fully saturated rings. The first kappa shape index (κ1) is 21.0. The molecule has 2 amide bonds. The fourth-order valence-corrected chi connectivity index (χ4v) is 3.02. The van der Waals surface area contributed by atoms with E-state index in [2.05, 4.69) is 10.6 Å². The number of nitrogens with one attached hydrogen (secondary N) is 2. The van der Waals surface area contributed by atoms with Crippen molar-refractivity contribution >= 4 is 34.2 Å². The smallest absolute Gasteiger partial charge is 0.310 e. The summed E-state index contributed by atoms with van der Waals surface area (Å²) in [6, 6.07) is 19.2. The summed E-state index contributed by atoms with van der Waals surface area (Å²) in [6.07, 6.45) is 0.0746. The van der Waals surface area contributed by atoms with Crippen LogP contribution in [0.5, 0.6) is 0 Å². The molecule has 6 nitrogen and oxygen atoms in total. The van der Waals surface area contributed by atoms with Crippen molar-refractivity contribution in [1.29, 1.82) is 0 Å². The molecule has 0 aliphatic heterocycles. The number of carbonyl (C=O) groups excluding carboxylic acids is 3. The number of benzene rings is 3. The monoisotopic (exact) mass is 404 g/mol. The molecule has 0 aromatic heterocycles. The highest BCUT2D eigenvalue weighted by atomic mass is 16.5. The molecule has 0 spiro atoms. The second-order valence-electron chi connectivity index (χ2n) is 7.09. The summed E-state index contributed by atoms with van der Waals surface area (Å²) in [4.78, 5) is 35.9. The first-order valence-electron chi connectivity index (χ1n) is 9.68. The van der Waals surface area contributed by atoms with E-state index >= 15 is 0 Å². The minimum absolute atomic E-state index is 0.0746. The first-order valence-corrected chi connectivity index (χ1v) is 9.68. The van der Waals surface area contributed by atoms with E-state index in [0.29, 0.717) is 5.69 Å². The second kappa shape index (κ2) is 9.69. The Morgan fingerprint density at radius 1 is 0.867 bits per heavy atom. The third-order valence-electron chi connectivity index (χ3n) is 4.85. The number of ether oxygens (including phenoxy) is 1. The van der Waals surface area contributed by atoms with Gasteiger partial charge in [0, 0.05) is 5.69 Å². The summed E-state index contributed by atoms with van der Waals surface area (Å²) in [7, 11) is 0. The van der Waals surface area contributed by atoms with E-state index in [-0.39, 0.29) is 18.9 Å². The molecule has 6 heteroatoms. The third-order valence-corrected chi connectivity index (χ3v) is 4.85. The van der Waals surface area contributed by atoms with Crippen LogP contribution in [-0.4, -0.2) is 30.9 Å². The average Bonchev–Trinajstić information content (AvgIpc) is 2.74. The van der Waals surface area contributed by atoms with Crippen molar-refractivity contribution in [3.8, 4) is 0 Å². The lowest BCUT2D eigenvalue weighted by atomic mass is 10.1. The van der Waals surface area contributed by atoms with Crippen molar-refractivity contribution in [2.45, 2.75) is 20.3 Å². The van der Waals surface area contributed by atoms with Crippen molar-refractivity contribution < 1.29 is 19.1 Å². The van der Waals surface area contributed by atoms with Crippen molar-refractivity contribution in [2.24, 2.45) is 0 Å². The van der Waals surface area contributed by atoms with Crippen LogP contribution < -0.4 is 10.6 Å². The Bertz CT molecular complexity index is 1090. The Labute approximate surface area is 175 Å². The molecular weight excluding hydrogens is 380 g/mol. The molecule has 0 heterocycles. The van der Waals surface area contributed by atoms with Crippen LogP contribution in [0.3, 0.4) is 0 Å². The standard InChI is InChI=1S/C24H24N2O4/c1-16-6-5-9-21(17(16)2)26-22(27)14-25-23(28)15-30-24(29)13-18-10-11-19-7-3-4-8-20(19)12-18/h3-12H,13-15H2,1-2H3,(H,25,28)(H,26,27). The van der Waals surface area contributed by atoms with E-state index in [1.165, 1.54) is 0 Å². The topological polar surface area (TPSA) is 84.5 Å². The fourth-order valence-electron chi connectivity index (χ4n) is 3.02. The summed E-state index contributed by atoms with van der Waals surface area (Å²) in [5, 5.41) is 7.34. The van der Waals surface area contributed by atoms with E-state index in [1.54, 1.807) is 6.07 Å². The summed E-state index contributed by atoms with van der Waals surface area (Å²) in [5.41, 5.74) is 3.55. The maximum Gasteiger partial charge on any atom is 0.310 e. The SMILES string of the molecule is Cc1cccc(NC(=O)CNC(=O)COC(=O)Cc2ccc3ccccc3c2)c1C. The largest absolute Gasteiger partial charge is 0.455 e. The van der Waals surface area contributed by atoms with Gasteiger partial charge in [0.1, 0.15) is 0 Å². The van der Waals surface area contributed by atoms with E-state index < -0.39 is 18.5 Å². The first-order chi connectivity index (χ1) is 14.4. The molecule has 0 radical (unpaired) electrons. The van der Waals surface area contributed by atoms with Gasteiger partial charge in [-0.2, -0.15) is 0 Å². The molecule has 0 saturated carbocycles. The third kappa shape index (κ3) is 5.67. The highest BCUT2D eigenvalue weighted by Gasteiger charge is 2.11. The maximum absolute atomic E-state index is 12.0. The van der Waals surface area contributed by atoms with Crippen molar-refractivity contribution in [2.75, 3.05) is 18.5 Å². The van der Waals surface area contributed by atoms with Gasteiger partial charge in [-0.25, -0.2) is 0 Å². The van der Waals surface area contributed by atoms with Gasteiger partial charge < -0.3 is 15.4 Å². The van der Waals surface area contributed by atoms with E-state index in [1.807, 2.05) is 68.4 Å². The van der Waals surface area contributed by atoms with Crippen LogP contribution >= 0.6 is 0 Å². The van der Waals surface area contributed by atoms with Crippen LogP contribution in [0.25, 0.3) is 10.8 Å². The molecule has 0 bridgehead atoms. The summed E-state index contributed by atoms with van der Waals surface area (Å²) in [5.74, 6) is -1.38. The number of hydrogen-bond acceptors (Lipinski definition) is 4. The van der Waals surface area contributed by atoms with Gasteiger partial charge in [0.15, 0.2) is 6.61 Å². The van der Waals surface area contributed by atoms with Crippen LogP contribution in [0.4, 0.5) is 5.69 Å². The van der Waals surface area contributed by atoms with Crippen LogP contribution in [0.15, 0.2) is 60.7 Å². The van der Waals surface area contributed by atoms with Gasteiger partial charge in [-0.3, -0.25) is 14.4 Å². The normalized spacial score (nSPS) is 10.5. The quantitative estimate of drug-likeness (QED) is 0.592. The molecule has 0 aliphatic rings. The lowest BCUT2D eigenvalue weighted by Crippen LogP contribution is -2.35. The molecule has 0 saturated heterocycles. The zero-order valence-corrected chi connectivity index (χ0v) is 17.0. The van der Waals surface area contributed by atoms with Gasteiger partial charge in [-0.15, -0.1) is 0 Å². The van der Waals surface area contributed by atoms with E-state index in [0.717, 1.165) is 27.5 Å². The minimum atomic E-state index is -0.530. The number of fused-ring (bicyclic) bond motifs is 1. The van der Waals surface area contributed by atoms with Crippen LogP contribution in [0.2, 0.25) is 0 Å². The van der Waals surface area contributed by atoms with Crippen molar-refractivity contribution in [3.05, 3.63) is 77.4 Å². The zero-order chi connectivity index (χ0) is 21.5. The Morgan fingerprint density at radius 3 is 2.43 bits per heavy atom. The zero-order valence-electron chi connectivity index (χ0n) is 17.0. The number of amides is 2. The van der Waals surface area contributed by atoms with Crippen LogP contribution in [0, 0.1) is 13.8 Å². The Balaban J connectivity index is 1.41. The lowest BCUT2D eigenvalue weighted by Gasteiger charge is -2.11. The number of aryl methyl sites for hydroxylation is 1. The molecule has 0 atom stereocenters. The second-order valence-corrected chi connectivity index (χ2v) is 7.09. The molecule has 2 N–H and O–H groups in total. The maximum atomic E-state index is 12.0. The molecule has 0 aliphatic carbocycles. The summed E-state index contributed by atoms with van der Waals surface area (Å²) >= 11 is 0. The van der Waals surface area contributed by atoms with E-state index in [4.69, 9.17) is 4.74 Å². The van der Waals surface area contributed by atoms with Gasteiger partial charge in [0.05, 0.1) is 13.0 Å². The van der Waals surface area contributed by atoms with Gasteiger partial charge in [-0.1, -0.05) is 54.6 Å². The number of anilines is 1. The Morgan fingerprint density at radius 2 is 1.63 bits per heavy atom. The number of carbonyl (C=O) groups is 3. The van der Waals surface area contributed by atoms with Crippen molar-refractivity contribution in [1.82, 2.24) is 5.32 Å². The van der Waals surface area contributed by atoms with Crippen LogP contribution in [0.1, 0.15) is 16.7 Å². The molecular formula is C24H24N2O4. The van der Waals surface area contributed by atoms with Crippen LogP contribution in [-0.2, 0) is 25.5 Å². The molecule has 3 aromatic carbocycles. The molecule has 154 valence electrons. The highest BCUT2D eigenvalue weighted by molar-refractivity contribution is 5.95. The Kier molecular flexibility index (Phi) is 6.80. The molecule has 0 unspecified atom stereocenters. The number of esters is 1. The molecule has 3 aromatic rings. The van der Waals surface area contributed by atoms with Crippen molar-refractivity contribution in [3.63, 3.8) is 0 Å². The lowest BCUT2D eigenvalue weighted by molar-refractivity contribution is -0.147. The average molecular weight is 404 g/mol. The van der Waals surface area contributed by atoms with Gasteiger partial charge in [0.2, 0.25) is 5.91 Å². The summed E-state index contributed by atoms with van der Waals surface area (Å²) < 4.78 is 5.02. The molecule has 30 heavy (non-hydrogen) atoms. The fraction of sp³-hybridized carbons (Fsp3) is 0.208. The predicted molar refractivity (Wildman–Crippen MR) is 116 cm³/mol. The predicted octanol–water partition coefficient (Wildman–Crippen LogP) is 3.30. The molecule has 3 rings (SSSR count). The van der Waals surface area contributed by atoms with Gasteiger partial charge in [-0.05, 0) is 47.4 Å². The summed E-state index contributed by atoms with van der Waals surface area (Å²) in [6.45, 7) is 3.25. The van der Waals surface area contributed by atoms with E-state index in [9.17, 15) is 14.4 Å². The Hall–Kier alpha value is -3.67. The minimum Gasteiger partial charge on any atom is -0.455 e.